The molecule has 0 bridgehead atoms. The molecule has 5 heteroatoms. The lowest BCUT2D eigenvalue weighted by molar-refractivity contribution is 0.414. The fraction of sp³-hybridized carbons (Fsp3) is 0.167. The predicted molar refractivity (Wildman–Crippen MR) is 83.5 cm³/mol. The van der Waals surface area contributed by atoms with Gasteiger partial charge in [0.05, 0.1) is 15.7 Å². The Bertz CT molecular complexity index is 524. The van der Waals surface area contributed by atoms with Crippen LogP contribution in [0.5, 0.6) is 5.75 Å². The quantitative estimate of drug-likeness (QED) is 0.551. The minimum Gasteiger partial charge on any atom is -0.497 e. The highest BCUT2D eigenvalue weighted by Crippen LogP contribution is 2.40. The largest absolute Gasteiger partial charge is 0.497 e. The van der Waals surface area contributed by atoms with Crippen LogP contribution in [0.2, 0.25) is 0 Å². The first-order valence-electron chi connectivity index (χ1n) is 4.84. The Morgan fingerprint density at radius 3 is 2.47 bits per heavy atom. The lowest BCUT2D eigenvalue weighted by Gasteiger charge is -2.11. The van der Waals surface area contributed by atoms with Gasteiger partial charge in [0.1, 0.15) is 5.75 Å². The van der Waals surface area contributed by atoms with E-state index in [0.717, 1.165) is 14.0 Å². The third kappa shape index (κ3) is 3.13. The summed E-state index contributed by atoms with van der Waals surface area (Å²) in [6, 6.07) is 10.2. The summed E-state index contributed by atoms with van der Waals surface area (Å²) in [5, 5.41) is 0. The SMILES string of the molecule is COc1ccc(C(Br)c2ccc(Br)s2)c(Br)c1. The summed E-state index contributed by atoms with van der Waals surface area (Å²) in [6.07, 6.45) is 0. The molecule has 90 valence electrons. The van der Waals surface area contributed by atoms with E-state index in [9.17, 15) is 0 Å². The van der Waals surface area contributed by atoms with E-state index in [1.165, 1.54) is 10.4 Å². The average molecular weight is 441 g/mol. The minimum absolute atomic E-state index is 0.194. The molecule has 2 aromatic rings. The molecule has 0 spiro atoms. The number of alkyl halides is 1. The summed E-state index contributed by atoms with van der Waals surface area (Å²) in [5.74, 6) is 0.854. The number of methoxy groups -OCH3 is 1. The fourth-order valence-corrected chi connectivity index (χ4v) is 4.60. The van der Waals surface area contributed by atoms with Crippen molar-refractivity contribution in [2.75, 3.05) is 7.11 Å². The van der Waals surface area contributed by atoms with Gasteiger partial charge in [-0.15, -0.1) is 11.3 Å². The second-order valence-corrected chi connectivity index (χ2v) is 7.66. The van der Waals surface area contributed by atoms with Crippen LogP contribution in [0.3, 0.4) is 0 Å². The second-order valence-electron chi connectivity index (χ2n) is 3.39. The van der Waals surface area contributed by atoms with Crippen molar-refractivity contribution in [1.29, 1.82) is 0 Å². The van der Waals surface area contributed by atoms with Gasteiger partial charge in [-0.1, -0.05) is 37.9 Å². The van der Waals surface area contributed by atoms with Crippen molar-refractivity contribution < 1.29 is 4.74 Å². The van der Waals surface area contributed by atoms with E-state index < -0.39 is 0 Å². The van der Waals surface area contributed by atoms with Crippen molar-refractivity contribution in [2.45, 2.75) is 4.83 Å². The van der Waals surface area contributed by atoms with Crippen molar-refractivity contribution in [3.8, 4) is 5.75 Å². The Hall–Kier alpha value is 0.160. The predicted octanol–water partition coefficient (Wildman–Crippen LogP) is 5.77. The van der Waals surface area contributed by atoms with E-state index in [1.54, 1.807) is 18.4 Å². The number of benzene rings is 1. The van der Waals surface area contributed by atoms with Crippen molar-refractivity contribution in [1.82, 2.24) is 0 Å². The molecule has 0 fully saturated rings. The topological polar surface area (TPSA) is 9.23 Å². The molecule has 0 amide bonds. The van der Waals surface area contributed by atoms with Crippen LogP contribution in [0.1, 0.15) is 15.3 Å². The van der Waals surface area contributed by atoms with Gasteiger partial charge < -0.3 is 4.74 Å². The van der Waals surface area contributed by atoms with Crippen LogP contribution in [0.15, 0.2) is 38.6 Å². The van der Waals surface area contributed by atoms with Gasteiger partial charge in [0.15, 0.2) is 0 Å². The minimum atomic E-state index is 0.194. The molecule has 1 nitrogen and oxygen atoms in total. The van der Waals surface area contributed by atoms with Crippen LogP contribution in [0.4, 0.5) is 0 Å². The average Bonchev–Trinajstić information content (AvgIpc) is 2.75. The maximum Gasteiger partial charge on any atom is 0.120 e. The van der Waals surface area contributed by atoms with Gasteiger partial charge in [0, 0.05) is 9.35 Å². The Morgan fingerprint density at radius 2 is 1.94 bits per heavy atom. The van der Waals surface area contributed by atoms with Crippen LogP contribution >= 0.6 is 59.1 Å². The van der Waals surface area contributed by atoms with E-state index in [0.29, 0.717) is 0 Å². The maximum atomic E-state index is 5.19. The molecule has 0 saturated carbocycles. The zero-order chi connectivity index (χ0) is 12.4. The molecular weight excluding hydrogens is 432 g/mol. The van der Waals surface area contributed by atoms with E-state index in [2.05, 4.69) is 66.0 Å². The highest BCUT2D eigenvalue weighted by Gasteiger charge is 2.15. The smallest absolute Gasteiger partial charge is 0.120 e. The Morgan fingerprint density at radius 1 is 1.18 bits per heavy atom. The summed E-state index contributed by atoms with van der Waals surface area (Å²) >= 11 is 12.5. The molecule has 1 atom stereocenters. The monoisotopic (exact) mass is 438 g/mol. The number of thiophene rings is 1. The molecule has 1 heterocycles. The Labute approximate surface area is 130 Å². The third-order valence-corrected chi connectivity index (χ3v) is 5.99. The molecule has 2 rings (SSSR count). The van der Waals surface area contributed by atoms with Crippen molar-refractivity contribution in [3.63, 3.8) is 0 Å². The number of ether oxygens (including phenoxy) is 1. The summed E-state index contributed by atoms with van der Waals surface area (Å²) in [7, 11) is 1.67. The van der Waals surface area contributed by atoms with E-state index in [4.69, 9.17) is 4.74 Å². The van der Waals surface area contributed by atoms with Gasteiger partial charge in [-0.3, -0.25) is 0 Å². The first kappa shape index (κ1) is 13.6. The summed E-state index contributed by atoms with van der Waals surface area (Å²) in [4.78, 5) is 1.46. The number of rotatable bonds is 3. The van der Waals surface area contributed by atoms with Gasteiger partial charge in [-0.25, -0.2) is 0 Å². The van der Waals surface area contributed by atoms with E-state index >= 15 is 0 Å². The molecule has 1 aromatic carbocycles. The molecule has 0 aliphatic rings. The number of hydrogen-bond donors (Lipinski definition) is 0. The zero-order valence-corrected chi connectivity index (χ0v) is 14.5. The molecular formula is C12H9Br3OS. The van der Waals surface area contributed by atoms with Gasteiger partial charge >= 0.3 is 0 Å². The Kier molecular flexibility index (Phi) is 4.69. The number of hydrogen-bond acceptors (Lipinski definition) is 2. The molecule has 1 aromatic heterocycles. The molecule has 0 aliphatic heterocycles. The standard InChI is InChI=1S/C12H9Br3OS/c1-16-7-2-3-8(9(13)6-7)12(15)10-4-5-11(14)17-10/h2-6,12H,1H3. The van der Waals surface area contributed by atoms with Gasteiger partial charge in [-0.05, 0) is 45.8 Å². The molecule has 0 N–H and O–H groups in total. The fourth-order valence-electron chi connectivity index (χ4n) is 1.46. The van der Waals surface area contributed by atoms with E-state index in [-0.39, 0.29) is 4.83 Å². The van der Waals surface area contributed by atoms with Crippen molar-refractivity contribution in [2.24, 2.45) is 0 Å². The molecule has 1 unspecified atom stereocenters. The first-order valence-corrected chi connectivity index (χ1v) is 8.16. The lowest BCUT2D eigenvalue weighted by atomic mass is 10.1. The molecule has 17 heavy (non-hydrogen) atoms. The van der Waals surface area contributed by atoms with Crippen molar-refractivity contribution in [3.05, 3.63) is 49.0 Å². The zero-order valence-electron chi connectivity index (χ0n) is 8.91. The molecule has 0 radical (unpaired) electrons. The summed E-state index contributed by atoms with van der Waals surface area (Å²) < 4.78 is 7.37. The normalized spacial score (nSPS) is 12.5. The lowest BCUT2D eigenvalue weighted by Crippen LogP contribution is -1.92. The van der Waals surface area contributed by atoms with Crippen molar-refractivity contribution >= 4 is 59.1 Å². The van der Waals surface area contributed by atoms with Crippen LogP contribution in [-0.2, 0) is 0 Å². The maximum absolute atomic E-state index is 5.19. The highest BCUT2D eigenvalue weighted by molar-refractivity contribution is 9.11. The van der Waals surface area contributed by atoms with Crippen LogP contribution in [-0.4, -0.2) is 7.11 Å². The van der Waals surface area contributed by atoms with Gasteiger partial charge in [0.25, 0.3) is 0 Å². The van der Waals surface area contributed by atoms with Crippen LogP contribution < -0.4 is 4.74 Å². The Balaban J connectivity index is 2.34. The third-order valence-electron chi connectivity index (χ3n) is 2.32. The summed E-state index contributed by atoms with van der Waals surface area (Å²) in [6.45, 7) is 0. The highest BCUT2D eigenvalue weighted by atomic mass is 79.9. The molecule has 0 aliphatic carbocycles. The second kappa shape index (κ2) is 5.87. The van der Waals surface area contributed by atoms with Gasteiger partial charge in [0.2, 0.25) is 0 Å². The van der Waals surface area contributed by atoms with Crippen LogP contribution in [0, 0.1) is 0 Å². The van der Waals surface area contributed by atoms with Gasteiger partial charge in [-0.2, -0.15) is 0 Å². The number of halogens is 3. The first-order chi connectivity index (χ1) is 8.11. The molecule has 0 saturated heterocycles. The summed E-state index contributed by atoms with van der Waals surface area (Å²) in [5.41, 5.74) is 1.19. The van der Waals surface area contributed by atoms with E-state index in [1.807, 2.05) is 12.1 Å². The van der Waals surface area contributed by atoms with Crippen LogP contribution in [0.25, 0.3) is 0 Å².